The van der Waals surface area contributed by atoms with E-state index in [2.05, 4.69) is 104 Å². The Morgan fingerprint density at radius 3 is 1.76 bits per heavy atom. The summed E-state index contributed by atoms with van der Waals surface area (Å²) in [6.07, 6.45) is 0. The van der Waals surface area contributed by atoms with Crippen molar-refractivity contribution in [2.24, 2.45) is 0 Å². The lowest BCUT2D eigenvalue weighted by Crippen LogP contribution is -2.29. The fraction of sp³-hybridized carbons (Fsp3) is 0.0638. The Balaban J connectivity index is 1.28. The second-order valence-corrected chi connectivity index (χ2v) is 13.5. The molecule has 0 atom stereocenters. The minimum Gasteiger partial charge on any atom is -0.308 e. The quantitative estimate of drug-likeness (QED) is 0.173. The molecule has 0 bridgehead atoms. The van der Waals surface area contributed by atoms with Crippen molar-refractivity contribution in [1.82, 2.24) is 4.57 Å². The molecule has 0 fully saturated rings. The summed E-state index contributed by atoms with van der Waals surface area (Å²) in [7, 11) is 0. The third-order valence-electron chi connectivity index (χ3n) is 10.3. The molecule has 0 saturated carbocycles. The number of aromatic nitrogens is 1. The van der Waals surface area contributed by atoms with Gasteiger partial charge in [0.1, 0.15) is 0 Å². The van der Waals surface area contributed by atoms with Crippen molar-refractivity contribution in [3.63, 3.8) is 0 Å². The van der Waals surface area contributed by atoms with Gasteiger partial charge in [-0.15, -0.1) is 0 Å². The minimum atomic E-state index is -0.327. The van der Waals surface area contributed by atoms with Gasteiger partial charge in [0, 0.05) is 10.8 Å². The summed E-state index contributed by atoms with van der Waals surface area (Å²) in [5.41, 5.74) is 14.1. The fourth-order valence-corrected chi connectivity index (χ4v) is 7.79. The molecule has 2 heterocycles. The average Bonchev–Trinajstić information content (AvgIpc) is 3.61. The molecule has 1 aromatic heterocycles. The Bertz CT molecular complexity index is 2720. The van der Waals surface area contributed by atoms with Crippen LogP contribution in [0.15, 0.2) is 152 Å². The predicted molar refractivity (Wildman–Crippen MR) is 209 cm³/mol. The number of fused-ring (bicyclic) bond motifs is 4. The van der Waals surface area contributed by atoms with E-state index in [4.69, 9.17) is 0 Å². The Kier molecular flexibility index (Phi) is 7.08. The Hall–Kier alpha value is -6.52. The van der Waals surface area contributed by atoms with Crippen molar-refractivity contribution in [2.45, 2.75) is 20.8 Å². The summed E-state index contributed by atoms with van der Waals surface area (Å²) >= 11 is 0. The lowest BCUT2D eigenvalue weighted by molar-refractivity contribution is 0.0926. The average molecular weight is 659 g/mol. The number of carbonyl (C=O) groups is 2. The van der Waals surface area contributed by atoms with E-state index in [1.54, 1.807) is 6.07 Å². The standard InChI is InChI=1S/C47H34N2O2/c1-29-19-22-38(31(3)25-29)35-21-24-40-39-23-20-34(37-16-8-7-11-30(37)2)27-43(39)49(44(40)28-35)42-18-10-17-41-45(42)47(51)48(46(41)50)36-15-9-14-33(26-36)32-12-5-4-6-13-32/h4-28H,1-3H3. The molecule has 1 aliphatic rings. The zero-order valence-electron chi connectivity index (χ0n) is 28.6. The van der Waals surface area contributed by atoms with Gasteiger partial charge in [-0.2, -0.15) is 0 Å². The van der Waals surface area contributed by atoms with E-state index in [1.165, 1.54) is 21.6 Å². The third-order valence-corrected chi connectivity index (χ3v) is 10.3. The maximum Gasteiger partial charge on any atom is 0.268 e. The third kappa shape index (κ3) is 4.91. The van der Waals surface area contributed by atoms with Crippen LogP contribution < -0.4 is 4.90 Å². The van der Waals surface area contributed by atoms with Gasteiger partial charge in [-0.3, -0.25) is 9.59 Å². The van der Waals surface area contributed by atoms with Crippen LogP contribution in [0.1, 0.15) is 37.4 Å². The molecule has 1 aliphatic heterocycles. The van der Waals surface area contributed by atoms with E-state index in [1.807, 2.05) is 66.7 Å². The minimum absolute atomic E-state index is 0.320. The number of nitrogens with zero attached hydrogens (tertiary/aromatic N) is 2. The first-order chi connectivity index (χ1) is 24.9. The van der Waals surface area contributed by atoms with E-state index in [9.17, 15) is 9.59 Å². The van der Waals surface area contributed by atoms with Gasteiger partial charge in [0.2, 0.25) is 0 Å². The van der Waals surface area contributed by atoms with Crippen molar-refractivity contribution in [3.8, 4) is 39.1 Å². The van der Waals surface area contributed by atoms with Gasteiger partial charge in [-0.25, -0.2) is 4.90 Å². The van der Waals surface area contributed by atoms with Gasteiger partial charge >= 0.3 is 0 Å². The number of anilines is 1. The monoisotopic (exact) mass is 658 g/mol. The smallest absolute Gasteiger partial charge is 0.268 e. The topological polar surface area (TPSA) is 42.3 Å². The highest BCUT2D eigenvalue weighted by Gasteiger charge is 2.39. The maximum absolute atomic E-state index is 14.6. The van der Waals surface area contributed by atoms with Crippen molar-refractivity contribution >= 4 is 39.3 Å². The van der Waals surface area contributed by atoms with Crippen LogP contribution in [0.5, 0.6) is 0 Å². The Labute approximate surface area is 296 Å². The maximum atomic E-state index is 14.6. The van der Waals surface area contributed by atoms with Gasteiger partial charge in [0.25, 0.3) is 11.8 Å². The summed E-state index contributed by atoms with van der Waals surface area (Å²) in [6, 6.07) is 51.4. The van der Waals surface area contributed by atoms with Crippen LogP contribution in [-0.4, -0.2) is 16.4 Å². The van der Waals surface area contributed by atoms with Crippen LogP contribution >= 0.6 is 0 Å². The summed E-state index contributed by atoms with van der Waals surface area (Å²) < 4.78 is 2.19. The first-order valence-electron chi connectivity index (χ1n) is 17.3. The molecule has 4 heteroatoms. The number of rotatable bonds is 5. The molecule has 51 heavy (non-hydrogen) atoms. The van der Waals surface area contributed by atoms with Crippen molar-refractivity contribution in [2.75, 3.05) is 4.90 Å². The second kappa shape index (κ2) is 11.8. The fourth-order valence-electron chi connectivity index (χ4n) is 7.79. The van der Waals surface area contributed by atoms with Crippen LogP contribution in [0, 0.1) is 20.8 Å². The molecule has 0 radical (unpaired) electrons. The molecule has 0 aliphatic carbocycles. The molecule has 4 nitrogen and oxygen atoms in total. The molecule has 0 N–H and O–H groups in total. The molecule has 244 valence electrons. The van der Waals surface area contributed by atoms with Crippen molar-refractivity contribution in [1.29, 1.82) is 0 Å². The van der Waals surface area contributed by atoms with Gasteiger partial charge in [0.15, 0.2) is 0 Å². The van der Waals surface area contributed by atoms with Crippen molar-refractivity contribution in [3.05, 3.63) is 179 Å². The molecule has 0 saturated heterocycles. The number of hydrogen-bond acceptors (Lipinski definition) is 2. The summed E-state index contributed by atoms with van der Waals surface area (Å²) in [4.78, 5) is 30.1. The number of imide groups is 1. The highest BCUT2D eigenvalue weighted by Crippen LogP contribution is 2.41. The van der Waals surface area contributed by atoms with Gasteiger partial charge < -0.3 is 4.57 Å². The number of benzene rings is 7. The second-order valence-electron chi connectivity index (χ2n) is 13.5. The molecular weight excluding hydrogens is 625 g/mol. The molecular formula is C47H34N2O2. The van der Waals surface area contributed by atoms with Crippen LogP contribution in [0.4, 0.5) is 5.69 Å². The number of amides is 2. The molecule has 0 unspecified atom stereocenters. The highest BCUT2D eigenvalue weighted by molar-refractivity contribution is 6.36. The summed E-state index contributed by atoms with van der Waals surface area (Å²) in [6.45, 7) is 6.38. The Morgan fingerprint density at radius 2 is 1.06 bits per heavy atom. The number of aryl methyl sites for hydroxylation is 3. The van der Waals surface area contributed by atoms with Gasteiger partial charge in [-0.1, -0.05) is 121 Å². The molecule has 2 amide bonds. The Morgan fingerprint density at radius 1 is 0.431 bits per heavy atom. The first-order valence-corrected chi connectivity index (χ1v) is 17.3. The largest absolute Gasteiger partial charge is 0.308 e. The molecule has 7 aromatic carbocycles. The van der Waals surface area contributed by atoms with E-state index in [0.717, 1.165) is 55.2 Å². The number of carbonyl (C=O) groups excluding carboxylic acids is 2. The van der Waals surface area contributed by atoms with Crippen LogP contribution in [0.2, 0.25) is 0 Å². The van der Waals surface area contributed by atoms with E-state index in [-0.39, 0.29) is 11.8 Å². The summed E-state index contributed by atoms with van der Waals surface area (Å²) in [5, 5.41) is 2.16. The molecule has 8 aromatic rings. The van der Waals surface area contributed by atoms with Crippen LogP contribution in [0.3, 0.4) is 0 Å². The summed E-state index contributed by atoms with van der Waals surface area (Å²) in [5.74, 6) is -0.647. The predicted octanol–water partition coefficient (Wildman–Crippen LogP) is 11.5. The zero-order valence-corrected chi connectivity index (χ0v) is 28.6. The van der Waals surface area contributed by atoms with Crippen LogP contribution in [-0.2, 0) is 0 Å². The highest BCUT2D eigenvalue weighted by atomic mass is 16.2. The lowest BCUT2D eigenvalue weighted by Gasteiger charge is -2.16. The lowest BCUT2D eigenvalue weighted by atomic mass is 9.97. The number of hydrogen-bond donors (Lipinski definition) is 0. The zero-order chi connectivity index (χ0) is 34.8. The van der Waals surface area contributed by atoms with Gasteiger partial charge in [0.05, 0.1) is 33.5 Å². The SMILES string of the molecule is Cc1ccc(-c2ccc3c4ccc(-c5ccccc5C)cc4n(-c4cccc5c4C(=O)N(c4cccc(-c6ccccc6)c4)C5=O)c3c2)c(C)c1. The van der Waals surface area contributed by atoms with Gasteiger partial charge in [-0.05, 0) is 102 Å². The van der Waals surface area contributed by atoms with E-state index in [0.29, 0.717) is 22.5 Å². The molecule has 9 rings (SSSR count). The van der Waals surface area contributed by atoms with Crippen molar-refractivity contribution < 1.29 is 9.59 Å². The molecule has 0 spiro atoms. The normalized spacial score (nSPS) is 12.6. The van der Waals surface area contributed by atoms with E-state index >= 15 is 0 Å². The van der Waals surface area contributed by atoms with Crippen LogP contribution in [0.25, 0.3) is 60.9 Å². The first kappa shape index (κ1) is 30.5. The van der Waals surface area contributed by atoms with E-state index < -0.39 is 0 Å².